The van der Waals surface area contributed by atoms with Gasteiger partial charge in [0.15, 0.2) is 5.69 Å². The first-order chi connectivity index (χ1) is 25.4. The molecule has 0 spiro atoms. The van der Waals surface area contributed by atoms with E-state index in [4.69, 9.17) is 0 Å². The van der Waals surface area contributed by atoms with Crippen molar-refractivity contribution in [2.75, 3.05) is 7.11 Å². The standard InChI is InChI=1S/C19H14FN3O5.C18H14FN3O3.Cr/c1-28-19(27)16-14(10-21-15-8-3-2-7-13(15)18(25)26)17(24)23(22-16)12-6-4-5-11(20)9-12;1-11-15(10-20-16-8-3-2-7-14(16)18(24)25)17(23)22(21-11)13-6-4-5-12(19)9-13;/h2-10,24H,1H3,(H,25,26);2-10,23H,1H3,(H,24,25);. The Balaban J connectivity index is 0.000000238. The number of carboxylic acids is 2. The summed E-state index contributed by atoms with van der Waals surface area (Å²) in [7, 11) is 1.14. The number of aromatic nitrogens is 4. The number of nitrogens with zero attached hydrogens (tertiary/aromatic N) is 6. The van der Waals surface area contributed by atoms with Crippen molar-refractivity contribution in [3.8, 4) is 23.1 Å². The molecule has 0 atom stereocenters. The summed E-state index contributed by atoms with van der Waals surface area (Å²) < 4.78 is 33.7. The van der Waals surface area contributed by atoms with Gasteiger partial charge >= 0.3 is 17.9 Å². The van der Waals surface area contributed by atoms with Crippen molar-refractivity contribution in [1.29, 1.82) is 0 Å². The second-order valence-corrected chi connectivity index (χ2v) is 10.8. The van der Waals surface area contributed by atoms with Crippen LogP contribution in [0.1, 0.15) is 48.0 Å². The number of esters is 1. The minimum absolute atomic E-state index is 0. The van der Waals surface area contributed by atoms with Crippen molar-refractivity contribution in [3.05, 3.63) is 142 Å². The van der Waals surface area contributed by atoms with Crippen LogP contribution in [0.4, 0.5) is 20.2 Å². The molecule has 0 aliphatic heterocycles. The fraction of sp³-hybridized carbons (Fsp3) is 0.0541. The molecule has 0 bridgehead atoms. The van der Waals surface area contributed by atoms with Gasteiger partial charge in [0.1, 0.15) is 11.6 Å². The Kier molecular flexibility index (Phi) is 12.9. The number of carboxylic acid groups (broad SMARTS) is 2. The molecular formula is C37H28CrF2N6O8. The van der Waals surface area contributed by atoms with Gasteiger partial charge in [-0.2, -0.15) is 14.9 Å². The fourth-order valence-corrected chi connectivity index (χ4v) is 4.84. The second-order valence-electron chi connectivity index (χ2n) is 10.8. The van der Waals surface area contributed by atoms with Gasteiger partial charge < -0.3 is 25.2 Å². The summed E-state index contributed by atoms with van der Waals surface area (Å²) >= 11 is 0. The number of aryl methyl sites for hydroxylation is 1. The molecular weight excluding hydrogens is 746 g/mol. The second kappa shape index (κ2) is 17.5. The maximum absolute atomic E-state index is 13.5. The van der Waals surface area contributed by atoms with Crippen LogP contribution in [0, 0.1) is 18.6 Å². The van der Waals surface area contributed by atoms with Crippen LogP contribution < -0.4 is 0 Å². The molecule has 274 valence electrons. The number of aromatic carboxylic acids is 2. The van der Waals surface area contributed by atoms with Crippen LogP contribution in [-0.4, -0.2) is 77.4 Å². The maximum Gasteiger partial charge on any atom is 0.359 e. The molecule has 0 amide bonds. The summed E-state index contributed by atoms with van der Waals surface area (Å²) in [5.74, 6) is -4.82. The van der Waals surface area contributed by atoms with Crippen molar-refractivity contribution in [3.63, 3.8) is 0 Å². The number of rotatable bonds is 9. The van der Waals surface area contributed by atoms with Gasteiger partial charge in [0.05, 0.1) is 57.8 Å². The van der Waals surface area contributed by atoms with E-state index in [1.807, 2.05) is 0 Å². The number of carbonyl (C=O) groups excluding carboxylic acids is 1. The van der Waals surface area contributed by atoms with Crippen molar-refractivity contribution in [2.45, 2.75) is 6.92 Å². The minimum Gasteiger partial charge on any atom is -0.493 e. The van der Waals surface area contributed by atoms with Crippen LogP contribution in [0.5, 0.6) is 11.8 Å². The third-order valence-electron chi connectivity index (χ3n) is 7.40. The summed E-state index contributed by atoms with van der Waals surface area (Å²) in [5.41, 5.74) is 1.33. The largest absolute Gasteiger partial charge is 0.493 e. The average Bonchev–Trinajstić information content (AvgIpc) is 3.63. The zero-order valence-electron chi connectivity index (χ0n) is 28.2. The summed E-state index contributed by atoms with van der Waals surface area (Å²) in [6.07, 6.45) is 2.45. The van der Waals surface area contributed by atoms with Gasteiger partial charge in [0, 0.05) is 29.8 Å². The number of aromatic hydroxyl groups is 2. The summed E-state index contributed by atoms with van der Waals surface area (Å²) in [4.78, 5) is 42.8. The minimum atomic E-state index is -1.18. The molecule has 2 heterocycles. The van der Waals surface area contributed by atoms with E-state index in [1.54, 1.807) is 43.3 Å². The molecule has 4 N–H and O–H groups in total. The van der Waals surface area contributed by atoms with Crippen molar-refractivity contribution >= 4 is 41.7 Å². The van der Waals surface area contributed by atoms with Crippen LogP contribution in [-0.2, 0) is 22.1 Å². The Labute approximate surface area is 315 Å². The molecule has 0 radical (unpaired) electrons. The zero-order chi connectivity index (χ0) is 38.2. The van der Waals surface area contributed by atoms with Crippen LogP contribution in [0.15, 0.2) is 107 Å². The predicted molar refractivity (Wildman–Crippen MR) is 188 cm³/mol. The number of benzene rings is 4. The van der Waals surface area contributed by atoms with Gasteiger partial charge in [0.2, 0.25) is 11.8 Å². The van der Waals surface area contributed by atoms with Crippen LogP contribution >= 0.6 is 0 Å². The number of carbonyl (C=O) groups is 3. The normalized spacial score (nSPS) is 10.8. The molecule has 0 saturated carbocycles. The Morgan fingerprint density at radius 3 is 1.59 bits per heavy atom. The molecule has 6 rings (SSSR count). The van der Waals surface area contributed by atoms with Crippen LogP contribution in [0.2, 0.25) is 0 Å². The van der Waals surface area contributed by atoms with Crippen molar-refractivity contribution < 1.29 is 65.7 Å². The molecule has 0 aliphatic carbocycles. The van der Waals surface area contributed by atoms with Gasteiger partial charge in [-0.25, -0.2) is 27.8 Å². The smallest absolute Gasteiger partial charge is 0.359 e. The van der Waals surface area contributed by atoms with Crippen LogP contribution in [0.3, 0.4) is 0 Å². The SMILES string of the molecule is COC(=O)c1nn(-c2cccc(F)c2)c(O)c1C=Nc1ccccc1C(=O)O.Cc1nn(-c2cccc(F)c2)c(O)c1C=Nc1ccccc1C(=O)O.[Cr]. The van der Waals surface area contributed by atoms with E-state index in [0.29, 0.717) is 16.9 Å². The monoisotopic (exact) mass is 774 g/mol. The van der Waals surface area contributed by atoms with Gasteiger partial charge in [-0.15, -0.1) is 0 Å². The van der Waals surface area contributed by atoms with E-state index in [-0.39, 0.29) is 62.7 Å². The van der Waals surface area contributed by atoms with E-state index in [2.05, 4.69) is 24.9 Å². The summed E-state index contributed by atoms with van der Waals surface area (Å²) in [6, 6.07) is 23.1. The molecule has 2 aromatic heterocycles. The van der Waals surface area contributed by atoms with Gasteiger partial charge in [-0.3, -0.25) is 9.98 Å². The predicted octanol–water partition coefficient (Wildman–Crippen LogP) is 6.42. The maximum atomic E-state index is 13.5. The van der Waals surface area contributed by atoms with E-state index < -0.39 is 35.4 Å². The van der Waals surface area contributed by atoms with Crippen molar-refractivity contribution in [2.24, 2.45) is 9.98 Å². The zero-order valence-corrected chi connectivity index (χ0v) is 29.4. The van der Waals surface area contributed by atoms with Gasteiger partial charge in [0.25, 0.3) is 0 Å². The quantitative estimate of drug-likeness (QED) is 0.0938. The molecule has 14 nitrogen and oxygen atoms in total. The molecule has 0 aliphatic rings. The number of hydrogen-bond acceptors (Lipinski definition) is 10. The molecule has 6 aromatic rings. The average molecular weight is 775 g/mol. The van der Waals surface area contributed by atoms with Gasteiger partial charge in [-0.1, -0.05) is 36.4 Å². The Morgan fingerprint density at radius 2 is 1.13 bits per heavy atom. The first-order valence-electron chi connectivity index (χ1n) is 15.3. The molecule has 0 saturated heterocycles. The van der Waals surface area contributed by atoms with E-state index in [0.717, 1.165) is 24.1 Å². The molecule has 0 unspecified atom stereocenters. The number of ether oxygens (including phenoxy) is 1. The van der Waals surface area contributed by atoms with E-state index in [9.17, 15) is 43.6 Å². The fourth-order valence-electron chi connectivity index (χ4n) is 4.84. The van der Waals surface area contributed by atoms with E-state index >= 15 is 0 Å². The van der Waals surface area contributed by atoms with Crippen molar-refractivity contribution in [1.82, 2.24) is 19.6 Å². The first-order valence-corrected chi connectivity index (χ1v) is 15.3. The Morgan fingerprint density at radius 1 is 0.685 bits per heavy atom. The van der Waals surface area contributed by atoms with Gasteiger partial charge in [-0.05, 0) is 67.6 Å². The molecule has 54 heavy (non-hydrogen) atoms. The number of halogens is 2. The Bertz CT molecular complexity index is 2410. The first kappa shape index (κ1) is 39.8. The topological polar surface area (TPSA) is 202 Å². The van der Waals surface area contributed by atoms with E-state index in [1.165, 1.54) is 65.5 Å². The summed E-state index contributed by atoms with van der Waals surface area (Å²) in [5, 5.41) is 47.5. The number of hydrogen-bond donors (Lipinski definition) is 4. The third-order valence-corrected chi connectivity index (χ3v) is 7.40. The van der Waals surface area contributed by atoms with Crippen LogP contribution in [0.25, 0.3) is 11.4 Å². The number of aliphatic imine (C=N–C) groups is 2. The number of para-hydroxylation sites is 2. The molecule has 4 aromatic carbocycles. The Hall–Kier alpha value is -6.96. The third kappa shape index (κ3) is 8.91. The molecule has 0 fully saturated rings. The summed E-state index contributed by atoms with van der Waals surface area (Å²) in [6.45, 7) is 1.67. The number of methoxy groups -OCH3 is 1. The molecule has 17 heteroatoms.